The Balaban J connectivity index is 0.000000181. The van der Waals surface area contributed by atoms with Gasteiger partial charge < -0.3 is 20.1 Å². The molecule has 0 saturated carbocycles. The van der Waals surface area contributed by atoms with Crippen molar-refractivity contribution < 1.29 is 29.6 Å². The van der Waals surface area contributed by atoms with Crippen LogP contribution in [0.1, 0.15) is 69.8 Å². The number of ketones is 1. The molecule has 0 amide bonds. The van der Waals surface area contributed by atoms with Crippen molar-refractivity contribution in [1.82, 2.24) is 0 Å². The van der Waals surface area contributed by atoms with Gasteiger partial charge in [-0.15, -0.1) is 0 Å². The number of phenols is 1. The molecular formula is C33H32O6. The van der Waals surface area contributed by atoms with E-state index in [0.29, 0.717) is 24.2 Å². The Hall–Kier alpha value is -4.26. The fraction of sp³-hybridized carbons (Fsp3) is 0.212. The number of phenolic OH excluding ortho intramolecular Hbond substituents is 1. The molecule has 0 saturated heterocycles. The summed E-state index contributed by atoms with van der Waals surface area (Å²) in [4.78, 5) is 23.3. The van der Waals surface area contributed by atoms with E-state index >= 15 is 0 Å². The van der Waals surface area contributed by atoms with Crippen LogP contribution in [0, 0.1) is 0 Å². The third kappa shape index (κ3) is 6.79. The van der Waals surface area contributed by atoms with Crippen molar-refractivity contribution in [2.24, 2.45) is 0 Å². The average molecular weight is 525 g/mol. The quantitative estimate of drug-likeness (QED) is 0.162. The van der Waals surface area contributed by atoms with Gasteiger partial charge in [-0.2, -0.15) is 0 Å². The van der Waals surface area contributed by atoms with Crippen molar-refractivity contribution in [3.63, 3.8) is 0 Å². The lowest BCUT2D eigenvalue weighted by Gasteiger charge is -2.25. The van der Waals surface area contributed by atoms with E-state index in [1.54, 1.807) is 30.3 Å². The summed E-state index contributed by atoms with van der Waals surface area (Å²) < 4.78 is 5.27. The Labute approximate surface area is 228 Å². The first-order valence-corrected chi connectivity index (χ1v) is 12.9. The third-order valence-corrected chi connectivity index (χ3v) is 6.86. The maximum Gasteiger partial charge on any atom is 0.312 e. The van der Waals surface area contributed by atoms with Crippen LogP contribution >= 0.6 is 0 Å². The fourth-order valence-corrected chi connectivity index (χ4v) is 4.85. The largest absolute Gasteiger partial charge is 0.508 e. The SMILES string of the molecule is CC(=O)c1ccc2c(c1)[C@@H](c1ccccc1)CC(=O)O2.OCC[C@H](c1ccccc1)c1cc(CO)ccc1O. The number of carbonyl (C=O) groups excluding carboxylic acids is 2. The second kappa shape index (κ2) is 13.0. The molecule has 0 aromatic heterocycles. The molecule has 3 N–H and O–H groups in total. The second-order valence-corrected chi connectivity index (χ2v) is 9.48. The molecule has 0 spiro atoms. The van der Waals surface area contributed by atoms with Crippen molar-refractivity contribution in [1.29, 1.82) is 0 Å². The molecule has 6 heteroatoms. The van der Waals surface area contributed by atoms with Crippen LogP contribution in [0.2, 0.25) is 0 Å². The van der Waals surface area contributed by atoms with Gasteiger partial charge in [0.05, 0.1) is 13.0 Å². The van der Waals surface area contributed by atoms with E-state index in [1.165, 1.54) is 6.92 Å². The molecule has 1 aliphatic heterocycles. The van der Waals surface area contributed by atoms with Gasteiger partial charge in [0.15, 0.2) is 5.78 Å². The highest BCUT2D eigenvalue weighted by Gasteiger charge is 2.28. The zero-order valence-electron chi connectivity index (χ0n) is 21.8. The normalized spacial score (nSPS) is 14.8. The van der Waals surface area contributed by atoms with E-state index in [0.717, 1.165) is 27.8 Å². The number of hydrogen-bond donors (Lipinski definition) is 3. The van der Waals surface area contributed by atoms with Crippen LogP contribution in [0.25, 0.3) is 0 Å². The summed E-state index contributed by atoms with van der Waals surface area (Å²) >= 11 is 0. The number of carbonyl (C=O) groups is 2. The van der Waals surface area contributed by atoms with Gasteiger partial charge in [0.1, 0.15) is 11.5 Å². The standard InChI is InChI=1S/C17H14O3.C16H18O3/c1-11(18)13-7-8-16-15(9-13)14(10-17(19)20-16)12-5-3-2-4-6-12;17-9-8-14(13-4-2-1-3-5-13)15-10-12(11-18)6-7-16(15)19/h2-9,14H,10H2,1H3;1-7,10,14,17-19H,8-9,11H2/t2*14-/m11/s1. The third-order valence-electron chi connectivity index (χ3n) is 6.86. The van der Waals surface area contributed by atoms with Crippen LogP contribution in [-0.2, 0) is 11.4 Å². The van der Waals surface area contributed by atoms with E-state index < -0.39 is 0 Å². The van der Waals surface area contributed by atoms with Crippen molar-refractivity contribution in [3.05, 3.63) is 130 Å². The molecule has 4 aromatic carbocycles. The minimum atomic E-state index is -0.234. The highest BCUT2D eigenvalue weighted by atomic mass is 16.5. The van der Waals surface area contributed by atoms with Crippen LogP contribution in [0.4, 0.5) is 0 Å². The number of Topliss-reactive ketones (excluding diaryl/α,β-unsaturated/α-hetero) is 1. The van der Waals surface area contributed by atoms with Gasteiger partial charge in [-0.05, 0) is 60.4 Å². The highest BCUT2D eigenvalue weighted by molar-refractivity contribution is 5.94. The molecule has 1 aliphatic rings. The number of rotatable bonds is 7. The predicted molar refractivity (Wildman–Crippen MR) is 149 cm³/mol. The molecule has 1 heterocycles. The van der Waals surface area contributed by atoms with E-state index in [9.17, 15) is 24.9 Å². The van der Waals surface area contributed by atoms with Gasteiger partial charge in [-0.25, -0.2) is 0 Å². The predicted octanol–water partition coefficient (Wildman–Crippen LogP) is 5.73. The van der Waals surface area contributed by atoms with Gasteiger partial charge in [-0.3, -0.25) is 9.59 Å². The van der Waals surface area contributed by atoms with Crippen LogP contribution in [-0.4, -0.2) is 33.7 Å². The van der Waals surface area contributed by atoms with Gasteiger partial charge in [0.25, 0.3) is 0 Å². The first-order valence-electron chi connectivity index (χ1n) is 12.9. The Morgan fingerprint density at radius 2 is 1.62 bits per heavy atom. The minimum absolute atomic E-state index is 0.0107. The lowest BCUT2D eigenvalue weighted by atomic mass is 9.85. The summed E-state index contributed by atoms with van der Waals surface area (Å²) in [5.74, 6) is 0.405. The number of fused-ring (bicyclic) bond motifs is 1. The smallest absolute Gasteiger partial charge is 0.312 e. The Bertz CT molecular complexity index is 1420. The van der Waals surface area contributed by atoms with E-state index in [2.05, 4.69) is 0 Å². The summed E-state index contributed by atoms with van der Waals surface area (Å²) in [6, 6.07) is 29.9. The lowest BCUT2D eigenvalue weighted by Crippen LogP contribution is -2.21. The summed E-state index contributed by atoms with van der Waals surface area (Å²) in [6.45, 7) is 1.52. The molecule has 0 aliphatic carbocycles. The maximum absolute atomic E-state index is 11.7. The number of ether oxygens (including phenoxy) is 1. The summed E-state index contributed by atoms with van der Waals surface area (Å²) in [5, 5.41) is 28.5. The zero-order chi connectivity index (χ0) is 27.8. The molecule has 0 unspecified atom stereocenters. The number of aliphatic hydroxyl groups is 2. The highest BCUT2D eigenvalue weighted by Crippen LogP contribution is 2.39. The number of benzene rings is 4. The molecular weight excluding hydrogens is 492 g/mol. The van der Waals surface area contributed by atoms with E-state index in [1.807, 2.05) is 66.7 Å². The van der Waals surface area contributed by atoms with Crippen LogP contribution in [0.15, 0.2) is 97.1 Å². The van der Waals surface area contributed by atoms with E-state index in [4.69, 9.17) is 4.74 Å². The Kier molecular flexibility index (Phi) is 9.26. The molecule has 4 aromatic rings. The van der Waals surface area contributed by atoms with Gasteiger partial charge in [-0.1, -0.05) is 66.7 Å². The average Bonchev–Trinajstić information content (AvgIpc) is 2.97. The van der Waals surface area contributed by atoms with E-state index in [-0.39, 0.29) is 42.6 Å². The molecule has 0 bridgehead atoms. The lowest BCUT2D eigenvalue weighted by molar-refractivity contribution is -0.135. The topological polar surface area (TPSA) is 104 Å². The molecule has 2 atom stereocenters. The van der Waals surface area contributed by atoms with Crippen molar-refractivity contribution in [2.75, 3.05) is 6.61 Å². The minimum Gasteiger partial charge on any atom is -0.508 e. The van der Waals surface area contributed by atoms with Crippen molar-refractivity contribution >= 4 is 11.8 Å². The summed E-state index contributed by atoms with van der Waals surface area (Å²) in [5.41, 5.74) is 5.15. The summed E-state index contributed by atoms with van der Waals surface area (Å²) in [6.07, 6.45) is 0.838. The number of aromatic hydroxyl groups is 1. The summed E-state index contributed by atoms with van der Waals surface area (Å²) in [7, 11) is 0. The van der Waals surface area contributed by atoms with Gasteiger partial charge in [0, 0.05) is 35.1 Å². The maximum atomic E-state index is 11.7. The van der Waals surface area contributed by atoms with Crippen LogP contribution in [0.3, 0.4) is 0 Å². The second-order valence-electron chi connectivity index (χ2n) is 9.48. The molecule has 200 valence electrons. The first kappa shape index (κ1) is 27.8. The van der Waals surface area contributed by atoms with Gasteiger partial charge in [0.2, 0.25) is 0 Å². The molecule has 6 nitrogen and oxygen atoms in total. The Morgan fingerprint density at radius 1 is 0.923 bits per heavy atom. The molecule has 0 fully saturated rings. The van der Waals surface area contributed by atoms with Crippen LogP contribution in [0.5, 0.6) is 11.5 Å². The Morgan fingerprint density at radius 3 is 2.26 bits per heavy atom. The number of esters is 1. The van der Waals surface area contributed by atoms with Crippen molar-refractivity contribution in [3.8, 4) is 11.5 Å². The molecule has 39 heavy (non-hydrogen) atoms. The zero-order valence-corrected chi connectivity index (χ0v) is 21.8. The molecule has 0 radical (unpaired) electrons. The number of aliphatic hydroxyl groups excluding tert-OH is 2. The van der Waals surface area contributed by atoms with Crippen molar-refractivity contribution in [2.45, 2.75) is 38.2 Å². The molecule has 5 rings (SSSR count). The van der Waals surface area contributed by atoms with Crippen LogP contribution < -0.4 is 4.74 Å². The number of hydrogen-bond acceptors (Lipinski definition) is 6. The first-order chi connectivity index (χ1) is 18.9. The fourth-order valence-electron chi connectivity index (χ4n) is 4.85. The monoisotopic (exact) mass is 524 g/mol. The van der Waals surface area contributed by atoms with Gasteiger partial charge >= 0.3 is 5.97 Å².